The minimum atomic E-state index is -3.89. The zero-order chi connectivity index (χ0) is 19.4. The van der Waals surface area contributed by atoms with Crippen LogP contribution in [0.1, 0.15) is 5.89 Å². The van der Waals surface area contributed by atoms with E-state index in [0.29, 0.717) is 17.1 Å². The van der Waals surface area contributed by atoms with Crippen LogP contribution < -0.4 is 9.46 Å². The molecular formula is C16H14N4O6S. The van der Waals surface area contributed by atoms with Crippen LogP contribution in [-0.4, -0.2) is 30.6 Å². The Hall–Kier alpha value is -3.31. The summed E-state index contributed by atoms with van der Waals surface area (Å²) >= 11 is 0. The van der Waals surface area contributed by atoms with Gasteiger partial charge in [-0.2, -0.15) is 4.98 Å². The first-order chi connectivity index (χ1) is 12.9. The second kappa shape index (κ2) is 7.51. The standard InChI is InChI=1S/C16H14N4O6S/c1-25-13-4-2-3-11(9-13)16-18-15(26-19-16)10-17-27(23,24)14-7-5-12(6-8-14)20(21)22/h2-9,17H,10H2,1H3. The SMILES string of the molecule is COc1cccc(-c2noc(CNS(=O)(=O)c3ccc([N+](=O)[O-])cc3)n2)c1. The zero-order valence-corrected chi connectivity index (χ0v) is 14.8. The number of nitro groups is 1. The van der Waals surface area contributed by atoms with E-state index in [-0.39, 0.29) is 23.0 Å². The molecule has 140 valence electrons. The molecule has 3 aromatic rings. The van der Waals surface area contributed by atoms with E-state index in [1.54, 1.807) is 24.3 Å². The summed E-state index contributed by atoms with van der Waals surface area (Å²) in [4.78, 5) is 14.1. The minimum Gasteiger partial charge on any atom is -0.497 e. The number of methoxy groups -OCH3 is 1. The van der Waals surface area contributed by atoms with Gasteiger partial charge in [0.2, 0.25) is 21.7 Å². The van der Waals surface area contributed by atoms with Crippen LogP contribution >= 0.6 is 0 Å². The maximum Gasteiger partial charge on any atom is 0.269 e. The Labute approximate surface area is 154 Å². The van der Waals surface area contributed by atoms with Crippen LogP contribution in [0.25, 0.3) is 11.4 Å². The molecular weight excluding hydrogens is 376 g/mol. The predicted octanol–water partition coefficient (Wildman–Crippen LogP) is 2.13. The first-order valence-corrected chi connectivity index (χ1v) is 9.08. The van der Waals surface area contributed by atoms with Gasteiger partial charge in [0.05, 0.1) is 23.5 Å². The summed E-state index contributed by atoms with van der Waals surface area (Å²) in [5.41, 5.74) is 0.455. The fourth-order valence-electron chi connectivity index (χ4n) is 2.19. The highest BCUT2D eigenvalue weighted by atomic mass is 32.2. The number of ether oxygens (including phenoxy) is 1. The summed E-state index contributed by atoms with van der Waals surface area (Å²) in [5, 5.41) is 14.5. The van der Waals surface area contributed by atoms with Crippen molar-refractivity contribution < 1.29 is 22.6 Å². The van der Waals surface area contributed by atoms with Crippen molar-refractivity contribution in [1.82, 2.24) is 14.9 Å². The lowest BCUT2D eigenvalue weighted by Gasteiger charge is -2.04. The third kappa shape index (κ3) is 4.27. The highest BCUT2D eigenvalue weighted by Gasteiger charge is 2.18. The summed E-state index contributed by atoms with van der Waals surface area (Å²) in [6, 6.07) is 11.5. The third-order valence-corrected chi connectivity index (χ3v) is 4.98. The minimum absolute atomic E-state index is 0.0679. The molecule has 0 atom stereocenters. The highest BCUT2D eigenvalue weighted by molar-refractivity contribution is 7.89. The molecule has 11 heteroatoms. The molecule has 0 unspecified atom stereocenters. The lowest BCUT2D eigenvalue weighted by atomic mass is 10.2. The van der Waals surface area contributed by atoms with Gasteiger partial charge in [0, 0.05) is 17.7 Å². The number of benzene rings is 2. The molecule has 1 aromatic heterocycles. The van der Waals surface area contributed by atoms with Crippen molar-refractivity contribution in [3.8, 4) is 17.1 Å². The Morgan fingerprint density at radius 1 is 1.22 bits per heavy atom. The summed E-state index contributed by atoms with van der Waals surface area (Å²) in [5.74, 6) is 0.981. The van der Waals surface area contributed by atoms with Crippen molar-refractivity contribution in [1.29, 1.82) is 0 Å². The van der Waals surface area contributed by atoms with E-state index < -0.39 is 14.9 Å². The van der Waals surface area contributed by atoms with Crippen LogP contribution in [0.5, 0.6) is 5.75 Å². The summed E-state index contributed by atoms with van der Waals surface area (Å²) in [7, 11) is -2.35. The number of non-ortho nitro benzene ring substituents is 1. The number of aromatic nitrogens is 2. The third-order valence-electron chi connectivity index (χ3n) is 3.57. The van der Waals surface area contributed by atoms with Gasteiger partial charge in [0.15, 0.2) is 0 Å². The van der Waals surface area contributed by atoms with E-state index >= 15 is 0 Å². The molecule has 3 rings (SSSR count). The molecule has 1 N–H and O–H groups in total. The molecule has 0 radical (unpaired) electrons. The molecule has 1 heterocycles. The van der Waals surface area contributed by atoms with Gasteiger partial charge in [-0.25, -0.2) is 13.1 Å². The van der Waals surface area contributed by atoms with E-state index in [9.17, 15) is 18.5 Å². The molecule has 0 bridgehead atoms. The number of nitrogens with zero attached hydrogens (tertiary/aromatic N) is 3. The van der Waals surface area contributed by atoms with E-state index in [4.69, 9.17) is 9.26 Å². The number of hydrogen-bond acceptors (Lipinski definition) is 8. The summed E-state index contributed by atoms with van der Waals surface area (Å²) in [6.45, 7) is -0.226. The molecule has 0 saturated heterocycles. The molecule has 0 aliphatic heterocycles. The van der Waals surface area contributed by atoms with Gasteiger partial charge >= 0.3 is 0 Å². The summed E-state index contributed by atoms with van der Waals surface area (Å²) < 4.78 is 37.0. The largest absolute Gasteiger partial charge is 0.497 e. The van der Waals surface area contributed by atoms with Gasteiger partial charge in [-0.3, -0.25) is 10.1 Å². The number of hydrogen-bond donors (Lipinski definition) is 1. The van der Waals surface area contributed by atoms with Crippen LogP contribution in [-0.2, 0) is 16.6 Å². The number of sulfonamides is 1. The van der Waals surface area contributed by atoms with E-state index in [1.807, 2.05) is 0 Å². The molecule has 0 aliphatic rings. The predicted molar refractivity (Wildman–Crippen MR) is 93.4 cm³/mol. The quantitative estimate of drug-likeness (QED) is 0.478. The van der Waals surface area contributed by atoms with Gasteiger partial charge in [-0.15, -0.1) is 0 Å². The fraction of sp³-hybridized carbons (Fsp3) is 0.125. The highest BCUT2D eigenvalue weighted by Crippen LogP contribution is 2.21. The maximum absolute atomic E-state index is 12.3. The van der Waals surface area contributed by atoms with Crippen LogP contribution in [0.4, 0.5) is 5.69 Å². The van der Waals surface area contributed by atoms with Crippen LogP contribution in [0.15, 0.2) is 57.9 Å². The van der Waals surface area contributed by atoms with Crippen LogP contribution in [0.3, 0.4) is 0 Å². The van der Waals surface area contributed by atoms with Gasteiger partial charge in [-0.05, 0) is 24.3 Å². The molecule has 2 aromatic carbocycles. The number of nitro benzene ring substituents is 1. The van der Waals surface area contributed by atoms with Crippen LogP contribution in [0.2, 0.25) is 0 Å². The second-order valence-corrected chi connectivity index (χ2v) is 7.09. The Morgan fingerprint density at radius 2 is 1.96 bits per heavy atom. The maximum atomic E-state index is 12.3. The first kappa shape index (κ1) is 18.5. The van der Waals surface area contributed by atoms with Gasteiger partial charge in [-0.1, -0.05) is 17.3 Å². The molecule has 10 nitrogen and oxygen atoms in total. The monoisotopic (exact) mass is 390 g/mol. The van der Waals surface area contributed by atoms with Crippen molar-refractivity contribution in [3.05, 3.63) is 64.5 Å². The smallest absolute Gasteiger partial charge is 0.269 e. The average molecular weight is 390 g/mol. The van der Waals surface area contributed by atoms with Crippen molar-refractivity contribution in [3.63, 3.8) is 0 Å². The Bertz CT molecular complexity index is 1060. The Balaban J connectivity index is 1.71. The van der Waals surface area contributed by atoms with E-state index in [2.05, 4.69) is 14.9 Å². The van der Waals surface area contributed by atoms with E-state index in [1.165, 1.54) is 7.11 Å². The molecule has 0 spiro atoms. The number of rotatable bonds is 7. The van der Waals surface area contributed by atoms with Crippen LogP contribution in [0, 0.1) is 10.1 Å². The van der Waals surface area contributed by atoms with Crippen molar-refractivity contribution in [2.45, 2.75) is 11.4 Å². The molecule has 27 heavy (non-hydrogen) atoms. The molecule has 0 saturated carbocycles. The average Bonchev–Trinajstić information content (AvgIpc) is 3.16. The lowest BCUT2D eigenvalue weighted by molar-refractivity contribution is -0.384. The Morgan fingerprint density at radius 3 is 2.63 bits per heavy atom. The normalized spacial score (nSPS) is 11.3. The molecule has 0 aliphatic carbocycles. The summed E-state index contributed by atoms with van der Waals surface area (Å²) in [6.07, 6.45) is 0. The molecule has 0 fully saturated rings. The second-order valence-electron chi connectivity index (χ2n) is 5.32. The topological polar surface area (TPSA) is 137 Å². The first-order valence-electron chi connectivity index (χ1n) is 7.60. The molecule has 0 amide bonds. The Kier molecular flexibility index (Phi) is 5.14. The van der Waals surface area contributed by atoms with E-state index in [0.717, 1.165) is 24.3 Å². The number of nitrogens with one attached hydrogen (secondary N) is 1. The van der Waals surface area contributed by atoms with Gasteiger partial charge in [0.1, 0.15) is 5.75 Å². The van der Waals surface area contributed by atoms with Gasteiger partial charge < -0.3 is 9.26 Å². The van der Waals surface area contributed by atoms with Crippen molar-refractivity contribution >= 4 is 15.7 Å². The van der Waals surface area contributed by atoms with Crippen molar-refractivity contribution in [2.75, 3.05) is 7.11 Å². The zero-order valence-electron chi connectivity index (χ0n) is 14.0. The lowest BCUT2D eigenvalue weighted by Crippen LogP contribution is -2.23. The van der Waals surface area contributed by atoms with Gasteiger partial charge in [0.25, 0.3) is 5.69 Å². The van der Waals surface area contributed by atoms with Crippen molar-refractivity contribution in [2.24, 2.45) is 0 Å². The fourth-order valence-corrected chi connectivity index (χ4v) is 3.17.